The first kappa shape index (κ1) is 11.6. The van der Waals surface area contributed by atoms with Gasteiger partial charge in [0.2, 0.25) is 0 Å². The Morgan fingerprint density at radius 3 is 2.76 bits per heavy atom. The summed E-state index contributed by atoms with van der Waals surface area (Å²) >= 11 is 5.80. The number of aromatic amines is 1. The molecule has 0 spiro atoms. The fraction of sp³-hybridized carbons (Fsp3) is 0.0909. The van der Waals surface area contributed by atoms with Crippen molar-refractivity contribution in [2.24, 2.45) is 0 Å². The third-order valence-corrected chi connectivity index (χ3v) is 2.46. The summed E-state index contributed by atoms with van der Waals surface area (Å²) in [4.78, 5) is 16.2. The van der Waals surface area contributed by atoms with Gasteiger partial charge in [-0.2, -0.15) is 5.10 Å². The van der Waals surface area contributed by atoms with Gasteiger partial charge in [-0.05, 0) is 12.1 Å². The fourth-order valence-electron chi connectivity index (χ4n) is 1.44. The molecule has 0 aliphatic carbocycles. The van der Waals surface area contributed by atoms with Crippen molar-refractivity contribution in [3.05, 3.63) is 41.0 Å². The van der Waals surface area contributed by atoms with Crippen LogP contribution in [0.3, 0.4) is 0 Å². The van der Waals surface area contributed by atoms with E-state index >= 15 is 0 Å². The summed E-state index contributed by atoms with van der Waals surface area (Å²) in [5.41, 5.74) is 4.10. The molecule has 2 rings (SSSR count). The van der Waals surface area contributed by atoms with Crippen LogP contribution in [0.25, 0.3) is 11.3 Å². The smallest absolute Gasteiger partial charge is 0.277 e. The number of hydrogen-bond acceptors (Lipinski definition) is 3. The van der Waals surface area contributed by atoms with Crippen molar-refractivity contribution < 1.29 is 9.63 Å². The molecular formula is C11H10ClN3O2. The molecule has 0 aliphatic rings. The van der Waals surface area contributed by atoms with Crippen LogP contribution in [0.15, 0.2) is 30.5 Å². The van der Waals surface area contributed by atoms with E-state index < -0.39 is 0 Å². The molecule has 0 atom stereocenters. The number of carbonyl (C=O) groups is 1. The molecule has 0 fully saturated rings. The number of aromatic nitrogens is 2. The van der Waals surface area contributed by atoms with Crippen LogP contribution in [0.5, 0.6) is 0 Å². The minimum absolute atomic E-state index is 0.355. The lowest BCUT2D eigenvalue weighted by Gasteiger charge is -2.03. The molecule has 1 aromatic carbocycles. The molecule has 1 heterocycles. The molecule has 2 aromatic rings. The van der Waals surface area contributed by atoms with Crippen molar-refractivity contribution in [1.29, 1.82) is 0 Å². The number of amides is 1. The molecule has 0 saturated heterocycles. The van der Waals surface area contributed by atoms with Crippen molar-refractivity contribution in [2.45, 2.75) is 0 Å². The summed E-state index contributed by atoms with van der Waals surface area (Å²) in [7, 11) is 1.37. The highest BCUT2D eigenvalue weighted by molar-refractivity contribution is 6.30. The van der Waals surface area contributed by atoms with Crippen LogP contribution in [-0.4, -0.2) is 23.2 Å². The molecule has 0 saturated carbocycles. The zero-order chi connectivity index (χ0) is 12.3. The van der Waals surface area contributed by atoms with E-state index in [9.17, 15) is 4.79 Å². The van der Waals surface area contributed by atoms with Crippen molar-refractivity contribution in [1.82, 2.24) is 15.7 Å². The third-order valence-electron chi connectivity index (χ3n) is 2.21. The van der Waals surface area contributed by atoms with Crippen LogP contribution in [-0.2, 0) is 4.84 Å². The molecule has 5 nitrogen and oxygen atoms in total. The molecular weight excluding hydrogens is 242 g/mol. The second kappa shape index (κ2) is 4.99. The summed E-state index contributed by atoms with van der Waals surface area (Å²) in [5, 5.41) is 7.26. The number of benzene rings is 1. The number of H-pyrrole nitrogens is 1. The summed E-state index contributed by atoms with van der Waals surface area (Å²) in [6.45, 7) is 0. The minimum atomic E-state index is -0.355. The van der Waals surface area contributed by atoms with E-state index in [1.54, 1.807) is 24.3 Å². The highest BCUT2D eigenvalue weighted by atomic mass is 35.5. The SMILES string of the molecule is CONC(=O)c1cn[nH]c1-c1ccc(Cl)cc1. The maximum absolute atomic E-state index is 11.6. The van der Waals surface area contributed by atoms with Crippen LogP contribution in [0, 0.1) is 0 Å². The zero-order valence-corrected chi connectivity index (χ0v) is 9.78. The number of rotatable bonds is 3. The van der Waals surface area contributed by atoms with Gasteiger partial charge >= 0.3 is 0 Å². The van der Waals surface area contributed by atoms with Crippen LogP contribution in [0.4, 0.5) is 0 Å². The number of nitrogens with one attached hydrogen (secondary N) is 2. The van der Waals surface area contributed by atoms with E-state index in [2.05, 4.69) is 20.5 Å². The Balaban J connectivity index is 2.36. The van der Waals surface area contributed by atoms with Crippen LogP contribution in [0.2, 0.25) is 5.02 Å². The van der Waals surface area contributed by atoms with Gasteiger partial charge in [0.1, 0.15) is 0 Å². The Kier molecular flexibility index (Phi) is 3.41. The van der Waals surface area contributed by atoms with Crippen LogP contribution in [0.1, 0.15) is 10.4 Å². The predicted molar refractivity (Wildman–Crippen MR) is 63.5 cm³/mol. The lowest BCUT2D eigenvalue weighted by Crippen LogP contribution is -2.21. The number of carbonyl (C=O) groups excluding carboxylic acids is 1. The van der Waals surface area contributed by atoms with Gasteiger partial charge in [-0.15, -0.1) is 0 Å². The highest BCUT2D eigenvalue weighted by Gasteiger charge is 2.14. The summed E-state index contributed by atoms with van der Waals surface area (Å²) in [6, 6.07) is 7.10. The van der Waals surface area contributed by atoms with E-state index in [1.807, 2.05) is 0 Å². The van der Waals surface area contributed by atoms with Crippen LogP contribution < -0.4 is 5.48 Å². The van der Waals surface area contributed by atoms with E-state index in [0.717, 1.165) is 5.56 Å². The van der Waals surface area contributed by atoms with E-state index in [-0.39, 0.29) is 5.91 Å². The fourth-order valence-corrected chi connectivity index (χ4v) is 1.57. The lowest BCUT2D eigenvalue weighted by atomic mass is 10.1. The first-order chi connectivity index (χ1) is 8.22. The molecule has 0 radical (unpaired) electrons. The van der Waals surface area contributed by atoms with E-state index in [0.29, 0.717) is 16.3 Å². The van der Waals surface area contributed by atoms with Gasteiger partial charge in [0.25, 0.3) is 5.91 Å². The summed E-state index contributed by atoms with van der Waals surface area (Å²) in [6.07, 6.45) is 1.44. The molecule has 2 N–H and O–H groups in total. The zero-order valence-electron chi connectivity index (χ0n) is 9.03. The van der Waals surface area contributed by atoms with E-state index in [4.69, 9.17) is 11.6 Å². The standard InChI is InChI=1S/C11H10ClN3O2/c1-17-15-11(16)9-6-13-14-10(9)7-2-4-8(12)5-3-7/h2-6H,1H3,(H,13,14)(H,15,16). The molecule has 6 heteroatoms. The second-order valence-corrected chi connectivity index (χ2v) is 3.74. The average Bonchev–Trinajstić information content (AvgIpc) is 2.79. The normalized spacial score (nSPS) is 10.2. The maximum atomic E-state index is 11.6. The number of nitrogens with zero attached hydrogens (tertiary/aromatic N) is 1. The molecule has 88 valence electrons. The van der Waals surface area contributed by atoms with Gasteiger partial charge < -0.3 is 0 Å². The average molecular weight is 252 g/mol. The van der Waals surface area contributed by atoms with Gasteiger partial charge in [0, 0.05) is 10.6 Å². The molecule has 1 amide bonds. The van der Waals surface area contributed by atoms with Crippen LogP contribution >= 0.6 is 11.6 Å². The topological polar surface area (TPSA) is 67.0 Å². The second-order valence-electron chi connectivity index (χ2n) is 3.30. The Hall–Kier alpha value is -1.85. The minimum Gasteiger partial charge on any atom is -0.277 e. The van der Waals surface area contributed by atoms with Gasteiger partial charge in [0.05, 0.1) is 24.6 Å². The van der Waals surface area contributed by atoms with Crippen molar-refractivity contribution in [3.63, 3.8) is 0 Å². The Morgan fingerprint density at radius 2 is 2.12 bits per heavy atom. The first-order valence-electron chi connectivity index (χ1n) is 4.85. The molecule has 17 heavy (non-hydrogen) atoms. The Morgan fingerprint density at radius 1 is 1.41 bits per heavy atom. The first-order valence-corrected chi connectivity index (χ1v) is 5.23. The monoisotopic (exact) mass is 251 g/mol. The van der Waals surface area contributed by atoms with Gasteiger partial charge in [-0.25, -0.2) is 5.48 Å². The lowest BCUT2D eigenvalue weighted by molar-refractivity contribution is 0.0538. The maximum Gasteiger partial charge on any atom is 0.278 e. The predicted octanol–water partition coefficient (Wildman–Crippen LogP) is 2.02. The quantitative estimate of drug-likeness (QED) is 0.820. The van der Waals surface area contributed by atoms with Crippen molar-refractivity contribution in [2.75, 3.05) is 7.11 Å². The number of halogens is 1. The Bertz CT molecular complexity index is 522. The molecule has 1 aromatic heterocycles. The van der Waals surface area contributed by atoms with Gasteiger partial charge in [0.15, 0.2) is 0 Å². The molecule has 0 bridgehead atoms. The summed E-state index contributed by atoms with van der Waals surface area (Å²) in [5.74, 6) is -0.355. The van der Waals surface area contributed by atoms with Gasteiger partial charge in [-0.1, -0.05) is 23.7 Å². The molecule has 0 aliphatic heterocycles. The van der Waals surface area contributed by atoms with Crippen molar-refractivity contribution >= 4 is 17.5 Å². The number of hydrogen-bond donors (Lipinski definition) is 2. The Labute approximate surface area is 103 Å². The summed E-state index contributed by atoms with van der Waals surface area (Å²) < 4.78 is 0. The van der Waals surface area contributed by atoms with Gasteiger partial charge in [-0.3, -0.25) is 14.7 Å². The molecule has 0 unspecified atom stereocenters. The third kappa shape index (κ3) is 2.46. The highest BCUT2D eigenvalue weighted by Crippen LogP contribution is 2.22. The van der Waals surface area contributed by atoms with E-state index in [1.165, 1.54) is 13.3 Å². The van der Waals surface area contributed by atoms with Crippen molar-refractivity contribution in [3.8, 4) is 11.3 Å². The largest absolute Gasteiger partial charge is 0.278 e. The number of hydroxylamine groups is 1.